The van der Waals surface area contributed by atoms with E-state index in [1.54, 1.807) is 32.3 Å². The van der Waals surface area contributed by atoms with Crippen LogP contribution in [0.2, 0.25) is 0 Å². The van der Waals surface area contributed by atoms with Crippen LogP contribution in [0.15, 0.2) is 46.1 Å². The number of nitrogens with zero attached hydrogens (tertiary/aromatic N) is 2. The van der Waals surface area contributed by atoms with Crippen LogP contribution in [-0.4, -0.2) is 28.7 Å². The Morgan fingerprint density at radius 3 is 2.16 bits per heavy atom. The van der Waals surface area contributed by atoms with Gasteiger partial charge >= 0.3 is 5.69 Å². The van der Waals surface area contributed by atoms with Crippen molar-refractivity contribution in [3.05, 3.63) is 58.0 Å². The lowest BCUT2D eigenvalue weighted by Gasteiger charge is -2.23. The standard InChI is InChI=1S/C23H27N3O4S/c1-15-9-11-16(12-10-15)22(27)24-18-13-19-20(26(3)23(28)25(19)2)14-21(18)31(29,30)17-7-5-4-6-8-17/h9-14,17H,4-8H2,1-3H3,(H,24,27). The first-order valence-corrected chi connectivity index (χ1v) is 12.1. The largest absolute Gasteiger partial charge is 0.328 e. The molecule has 1 fully saturated rings. The van der Waals surface area contributed by atoms with Crippen LogP contribution in [0.4, 0.5) is 5.69 Å². The fourth-order valence-electron chi connectivity index (χ4n) is 4.31. The Morgan fingerprint density at radius 1 is 0.968 bits per heavy atom. The maximum atomic E-state index is 13.6. The molecule has 1 N–H and O–H groups in total. The Bertz CT molecular complexity index is 1310. The SMILES string of the molecule is Cc1ccc(C(=O)Nc2cc3c(cc2S(=O)(=O)C2CCCCC2)n(C)c(=O)n3C)cc1. The van der Waals surface area contributed by atoms with Gasteiger partial charge in [0.15, 0.2) is 9.84 Å². The van der Waals surface area contributed by atoms with Gasteiger partial charge in [-0.15, -0.1) is 0 Å². The van der Waals surface area contributed by atoms with Crippen molar-refractivity contribution < 1.29 is 13.2 Å². The maximum absolute atomic E-state index is 13.6. The lowest BCUT2D eigenvalue weighted by atomic mass is 10.0. The number of imidazole rings is 1. The molecule has 0 bridgehead atoms. The van der Waals surface area contributed by atoms with E-state index in [4.69, 9.17) is 0 Å². The van der Waals surface area contributed by atoms with Crippen LogP contribution in [0.5, 0.6) is 0 Å². The number of carbonyl (C=O) groups excluding carboxylic acids is 1. The highest BCUT2D eigenvalue weighted by Gasteiger charge is 2.32. The third-order valence-electron chi connectivity index (χ3n) is 6.23. The van der Waals surface area contributed by atoms with Crippen molar-refractivity contribution in [1.29, 1.82) is 0 Å². The van der Waals surface area contributed by atoms with E-state index in [1.807, 2.05) is 19.1 Å². The Labute approximate surface area is 181 Å². The molecule has 0 saturated heterocycles. The second-order valence-corrected chi connectivity index (χ2v) is 10.6. The molecule has 4 rings (SSSR count). The summed E-state index contributed by atoms with van der Waals surface area (Å²) in [6.07, 6.45) is 4.01. The number of hydrogen-bond donors (Lipinski definition) is 1. The van der Waals surface area contributed by atoms with Gasteiger partial charge in [-0.1, -0.05) is 37.0 Å². The number of carbonyl (C=O) groups is 1. The molecule has 0 unspecified atom stereocenters. The third-order valence-corrected chi connectivity index (χ3v) is 8.53. The van der Waals surface area contributed by atoms with Crippen LogP contribution >= 0.6 is 0 Å². The van der Waals surface area contributed by atoms with Gasteiger partial charge in [-0.3, -0.25) is 13.9 Å². The predicted molar refractivity (Wildman–Crippen MR) is 121 cm³/mol. The molecule has 2 aromatic carbocycles. The Hall–Kier alpha value is -2.87. The smallest absolute Gasteiger partial charge is 0.321 e. The first-order valence-electron chi connectivity index (χ1n) is 10.5. The average molecular weight is 442 g/mol. The van der Waals surface area contributed by atoms with Crippen LogP contribution in [-0.2, 0) is 23.9 Å². The summed E-state index contributed by atoms with van der Waals surface area (Å²) in [5.74, 6) is -0.389. The normalized spacial score (nSPS) is 15.3. The highest BCUT2D eigenvalue weighted by atomic mass is 32.2. The van der Waals surface area contributed by atoms with E-state index in [0.29, 0.717) is 29.4 Å². The molecule has 0 aliphatic heterocycles. The molecule has 1 amide bonds. The van der Waals surface area contributed by atoms with Crippen molar-refractivity contribution in [3.8, 4) is 0 Å². The minimum absolute atomic E-state index is 0.0774. The van der Waals surface area contributed by atoms with E-state index >= 15 is 0 Å². The number of fused-ring (bicyclic) bond motifs is 1. The van der Waals surface area contributed by atoms with Gasteiger partial charge in [0.1, 0.15) is 0 Å². The minimum atomic E-state index is -3.68. The van der Waals surface area contributed by atoms with Crippen molar-refractivity contribution in [2.24, 2.45) is 14.1 Å². The summed E-state index contributed by atoms with van der Waals surface area (Å²) in [6.45, 7) is 1.93. The summed E-state index contributed by atoms with van der Waals surface area (Å²) in [7, 11) is -0.431. The molecule has 1 heterocycles. The first kappa shape index (κ1) is 21.4. The zero-order valence-electron chi connectivity index (χ0n) is 18.0. The number of benzene rings is 2. The van der Waals surface area contributed by atoms with Crippen LogP contribution in [0.1, 0.15) is 48.0 Å². The van der Waals surface area contributed by atoms with Crippen molar-refractivity contribution >= 4 is 32.5 Å². The Morgan fingerprint density at radius 2 is 1.55 bits per heavy atom. The van der Waals surface area contributed by atoms with E-state index in [0.717, 1.165) is 24.8 Å². The molecule has 8 heteroatoms. The summed E-state index contributed by atoms with van der Waals surface area (Å²) in [4.78, 5) is 25.4. The van der Waals surface area contributed by atoms with Gasteiger partial charge in [0.25, 0.3) is 5.91 Å². The molecule has 0 spiro atoms. The zero-order valence-corrected chi connectivity index (χ0v) is 18.8. The summed E-state index contributed by atoms with van der Waals surface area (Å²) < 4.78 is 30.0. The number of anilines is 1. The Balaban J connectivity index is 1.86. The average Bonchev–Trinajstić information content (AvgIpc) is 2.98. The van der Waals surface area contributed by atoms with Gasteiger partial charge < -0.3 is 5.32 Å². The number of aryl methyl sites for hydroxylation is 3. The quantitative estimate of drug-likeness (QED) is 0.670. The second kappa shape index (κ2) is 8.00. The molecule has 7 nitrogen and oxygen atoms in total. The van der Waals surface area contributed by atoms with Gasteiger partial charge in [0, 0.05) is 19.7 Å². The molecule has 1 aromatic heterocycles. The third kappa shape index (κ3) is 3.80. The van der Waals surface area contributed by atoms with Crippen molar-refractivity contribution in [3.63, 3.8) is 0 Å². The van der Waals surface area contributed by atoms with Gasteiger partial charge in [-0.25, -0.2) is 13.2 Å². The van der Waals surface area contributed by atoms with Crippen LogP contribution in [0, 0.1) is 6.92 Å². The second-order valence-electron chi connectivity index (χ2n) is 8.36. The van der Waals surface area contributed by atoms with E-state index in [-0.39, 0.29) is 22.2 Å². The van der Waals surface area contributed by atoms with Crippen molar-refractivity contribution in [2.45, 2.75) is 49.2 Å². The number of nitrogens with one attached hydrogen (secondary N) is 1. The fourth-order valence-corrected chi connectivity index (χ4v) is 6.32. The van der Waals surface area contributed by atoms with Gasteiger partial charge in [-0.2, -0.15) is 0 Å². The molecular weight excluding hydrogens is 414 g/mol. The van der Waals surface area contributed by atoms with Crippen molar-refractivity contribution in [2.75, 3.05) is 5.32 Å². The van der Waals surface area contributed by atoms with E-state index in [2.05, 4.69) is 5.32 Å². The molecule has 3 aromatic rings. The van der Waals surface area contributed by atoms with Crippen molar-refractivity contribution in [1.82, 2.24) is 9.13 Å². The molecular formula is C23H27N3O4S. The topological polar surface area (TPSA) is 90.2 Å². The number of hydrogen-bond acceptors (Lipinski definition) is 4. The monoisotopic (exact) mass is 441 g/mol. The lowest BCUT2D eigenvalue weighted by Crippen LogP contribution is -2.25. The number of amides is 1. The molecule has 164 valence electrons. The van der Waals surface area contributed by atoms with Crippen LogP contribution in [0.3, 0.4) is 0 Å². The summed E-state index contributed by atoms with van der Waals surface area (Å²) >= 11 is 0. The van der Waals surface area contributed by atoms with Gasteiger partial charge in [0.05, 0.1) is 26.9 Å². The van der Waals surface area contributed by atoms with E-state index in [1.165, 1.54) is 15.2 Å². The molecule has 0 radical (unpaired) electrons. The number of aromatic nitrogens is 2. The summed E-state index contributed by atoms with van der Waals surface area (Å²) in [5, 5.41) is 2.32. The maximum Gasteiger partial charge on any atom is 0.328 e. The Kier molecular flexibility index (Phi) is 5.51. The molecule has 1 aliphatic rings. The fraction of sp³-hybridized carbons (Fsp3) is 0.391. The number of rotatable bonds is 4. The highest BCUT2D eigenvalue weighted by molar-refractivity contribution is 7.92. The minimum Gasteiger partial charge on any atom is -0.321 e. The molecule has 1 saturated carbocycles. The predicted octanol–water partition coefficient (Wildman–Crippen LogP) is 3.54. The molecule has 31 heavy (non-hydrogen) atoms. The lowest BCUT2D eigenvalue weighted by molar-refractivity contribution is 0.102. The van der Waals surface area contributed by atoms with Crippen LogP contribution in [0.25, 0.3) is 11.0 Å². The summed E-state index contributed by atoms with van der Waals surface area (Å²) in [6, 6.07) is 10.2. The first-order chi connectivity index (χ1) is 14.7. The highest BCUT2D eigenvalue weighted by Crippen LogP contribution is 2.35. The zero-order chi connectivity index (χ0) is 22.3. The molecule has 1 aliphatic carbocycles. The van der Waals surface area contributed by atoms with Gasteiger partial charge in [0.2, 0.25) is 0 Å². The number of sulfone groups is 1. The summed E-state index contributed by atoms with van der Waals surface area (Å²) in [5.41, 5.74) is 2.51. The van der Waals surface area contributed by atoms with E-state index in [9.17, 15) is 18.0 Å². The molecule has 0 atom stereocenters. The van der Waals surface area contributed by atoms with E-state index < -0.39 is 15.1 Å². The van der Waals surface area contributed by atoms with Crippen LogP contribution < -0.4 is 11.0 Å². The van der Waals surface area contributed by atoms with Gasteiger partial charge in [-0.05, 0) is 44.0 Å².